The Labute approximate surface area is 207 Å². The van der Waals surface area contributed by atoms with Gasteiger partial charge in [0.2, 0.25) is 5.95 Å². The number of aliphatic hydroxyl groups is 1. The first-order valence-electron chi connectivity index (χ1n) is 11.7. The number of fused-ring (bicyclic) bond motifs is 2. The number of benzene rings is 3. The van der Waals surface area contributed by atoms with Crippen molar-refractivity contribution >= 4 is 40.1 Å². The second-order valence-corrected chi connectivity index (χ2v) is 9.11. The van der Waals surface area contributed by atoms with Crippen LogP contribution in [0.3, 0.4) is 0 Å². The molecule has 0 bridgehead atoms. The molecule has 6 rings (SSSR count). The number of carbonyl (C=O) groups is 2. The van der Waals surface area contributed by atoms with Crippen LogP contribution in [0, 0.1) is 6.92 Å². The minimum Gasteiger partial charge on any atom is -0.507 e. The van der Waals surface area contributed by atoms with E-state index in [1.165, 1.54) is 4.90 Å². The third-order valence-corrected chi connectivity index (χ3v) is 6.74. The van der Waals surface area contributed by atoms with Crippen LogP contribution in [0.4, 0.5) is 11.6 Å². The van der Waals surface area contributed by atoms with Gasteiger partial charge in [-0.2, -0.15) is 0 Å². The average molecular weight is 481 g/mol. The topological polar surface area (TPSA) is 98.8 Å². The number of amides is 1. The van der Waals surface area contributed by atoms with E-state index >= 15 is 0 Å². The van der Waals surface area contributed by atoms with E-state index in [2.05, 4.69) is 9.97 Å². The summed E-state index contributed by atoms with van der Waals surface area (Å²) in [5.74, 6) is -0.789. The van der Waals surface area contributed by atoms with Gasteiger partial charge < -0.3 is 19.7 Å². The van der Waals surface area contributed by atoms with Crippen LogP contribution in [0.5, 0.6) is 5.75 Å². The summed E-state index contributed by atoms with van der Waals surface area (Å²) in [7, 11) is 1.94. The molecule has 8 nitrogen and oxygen atoms in total. The number of aliphatic hydroxyl groups excluding tert-OH is 1. The number of H-pyrrole nitrogens is 1. The van der Waals surface area contributed by atoms with Crippen LogP contribution in [-0.2, 0) is 9.59 Å². The van der Waals surface area contributed by atoms with Crippen molar-refractivity contribution in [1.82, 2.24) is 9.97 Å². The average Bonchev–Trinajstić information content (AvgIpc) is 3.42. The molecule has 1 fully saturated rings. The number of hydrogen-bond acceptors (Lipinski definition) is 6. The maximum Gasteiger partial charge on any atom is 0.302 e. The molecule has 8 heteroatoms. The molecular weight excluding hydrogens is 456 g/mol. The minimum atomic E-state index is -0.851. The predicted octanol–water partition coefficient (Wildman–Crippen LogP) is 4.33. The lowest BCUT2D eigenvalue weighted by atomic mass is 9.94. The van der Waals surface area contributed by atoms with Crippen molar-refractivity contribution in [3.8, 4) is 5.75 Å². The van der Waals surface area contributed by atoms with Crippen LogP contribution >= 0.6 is 0 Å². The Hall–Kier alpha value is -4.59. The summed E-state index contributed by atoms with van der Waals surface area (Å²) < 4.78 is 5.72. The highest BCUT2D eigenvalue weighted by molar-refractivity contribution is 6.51. The fourth-order valence-electron chi connectivity index (χ4n) is 4.91. The summed E-state index contributed by atoms with van der Waals surface area (Å²) in [6.45, 7) is 3.22. The van der Waals surface area contributed by atoms with Gasteiger partial charge in [-0.3, -0.25) is 14.5 Å². The van der Waals surface area contributed by atoms with Gasteiger partial charge in [0.1, 0.15) is 18.1 Å². The van der Waals surface area contributed by atoms with E-state index in [1.54, 1.807) is 18.2 Å². The number of nitrogens with one attached hydrogen (secondary N) is 1. The van der Waals surface area contributed by atoms with Crippen LogP contribution < -0.4 is 14.5 Å². The Bertz CT molecular complexity index is 1540. The summed E-state index contributed by atoms with van der Waals surface area (Å²) >= 11 is 0. The summed E-state index contributed by atoms with van der Waals surface area (Å²) in [6.07, 6.45) is 0. The first kappa shape index (κ1) is 21.9. The zero-order valence-electron chi connectivity index (χ0n) is 19.9. The quantitative estimate of drug-likeness (QED) is 0.257. The summed E-state index contributed by atoms with van der Waals surface area (Å²) in [4.78, 5) is 38.0. The number of aromatic amines is 1. The van der Waals surface area contributed by atoms with Gasteiger partial charge >= 0.3 is 5.91 Å². The van der Waals surface area contributed by atoms with E-state index < -0.39 is 17.7 Å². The number of para-hydroxylation sites is 2. The molecule has 3 aromatic carbocycles. The van der Waals surface area contributed by atoms with E-state index in [4.69, 9.17) is 4.74 Å². The summed E-state index contributed by atoms with van der Waals surface area (Å²) in [6, 6.07) is 19.4. The van der Waals surface area contributed by atoms with Gasteiger partial charge in [0.05, 0.1) is 34.9 Å². The Morgan fingerprint density at radius 1 is 1.08 bits per heavy atom. The van der Waals surface area contributed by atoms with E-state index in [9.17, 15) is 14.7 Å². The number of ether oxygens (including phenoxy) is 1. The molecule has 3 heterocycles. The lowest BCUT2D eigenvalue weighted by Crippen LogP contribution is -2.30. The number of Topliss-reactive ketones (excluding diaryl/α,β-unsaturated/α-hetero) is 1. The molecule has 1 atom stereocenters. The SMILES string of the molecule is Cc1cccc(C2/C(=C(\O)c3ccc4c(c3)N(C)CCO4)C(=O)C(=O)N2c2nc3ccccc3[nH]2)c1. The van der Waals surface area contributed by atoms with Crippen molar-refractivity contribution in [2.75, 3.05) is 30.0 Å². The summed E-state index contributed by atoms with van der Waals surface area (Å²) in [5, 5.41) is 11.5. The second-order valence-electron chi connectivity index (χ2n) is 9.11. The Balaban J connectivity index is 1.55. The first-order chi connectivity index (χ1) is 17.4. The molecule has 2 N–H and O–H groups in total. The molecule has 1 unspecified atom stereocenters. The van der Waals surface area contributed by atoms with Gasteiger partial charge in [-0.1, -0.05) is 42.0 Å². The van der Waals surface area contributed by atoms with E-state index in [0.29, 0.717) is 35.5 Å². The van der Waals surface area contributed by atoms with Crippen molar-refractivity contribution in [1.29, 1.82) is 0 Å². The van der Waals surface area contributed by atoms with Gasteiger partial charge in [-0.05, 0) is 42.8 Å². The van der Waals surface area contributed by atoms with Gasteiger partial charge in [-0.25, -0.2) is 4.98 Å². The number of anilines is 2. The zero-order valence-corrected chi connectivity index (χ0v) is 19.9. The second kappa shape index (κ2) is 8.27. The molecule has 180 valence electrons. The molecule has 1 saturated heterocycles. The van der Waals surface area contributed by atoms with E-state index in [-0.39, 0.29) is 17.3 Å². The van der Waals surface area contributed by atoms with Crippen molar-refractivity contribution in [3.05, 3.63) is 89.0 Å². The number of aryl methyl sites for hydroxylation is 1. The number of carbonyl (C=O) groups excluding carboxylic acids is 2. The van der Waals surface area contributed by atoms with E-state index in [0.717, 1.165) is 16.8 Å². The maximum absolute atomic E-state index is 13.5. The Morgan fingerprint density at radius 3 is 2.72 bits per heavy atom. The first-order valence-corrected chi connectivity index (χ1v) is 11.7. The fraction of sp³-hybridized carbons (Fsp3) is 0.179. The standard InChI is InChI=1S/C28H24N4O4/c1-16-6-5-7-17(14-16)24-23(25(33)18-10-11-22-21(15-18)31(2)12-13-36-22)26(34)27(35)32(24)28-29-19-8-3-4-9-20(19)30-28/h3-11,14-15,24,33H,12-13H2,1-2H3,(H,29,30)/b25-23+. The molecule has 0 aliphatic carbocycles. The van der Waals surface area contributed by atoms with Crippen LogP contribution in [0.1, 0.15) is 22.7 Å². The highest BCUT2D eigenvalue weighted by Gasteiger charge is 2.48. The van der Waals surface area contributed by atoms with E-state index in [1.807, 2.05) is 67.4 Å². The molecule has 36 heavy (non-hydrogen) atoms. The van der Waals surface area contributed by atoms with Crippen LogP contribution in [0.15, 0.2) is 72.3 Å². The lowest BCUT2D eigenvalue weighted by molar-refractivity contribution is -0.132. The molecule has 4 aromatic rings. The third kappa shape index (κ3) is 3.41. The number of aromatic nitrogens is 2. The summed E-state index contributed by atoms with van der Waals surface area (Å²) in [5.41, 5.74) is 4.36. The lowest BCUT2D eigenvalue weighted by Gasteiger charge is -2.28. The Morgan fingerprint density at radius 2 is 1.92 bits per heavy atom. The number of ketones is 1. The van der Waals surface area contributed by atoms with Gasteiger partial charge in [0.15, 0.2) is 0 Å². The number of hydrogen-bond donors (Lipinski definition) is 2. The van der Waals surface area contributed by atoms with Gasteiger partial charge in [-0.15, -0.1) is 0 Å². The highest BCUT2D eigenvalue weighted by atomic mass is 16.5. The minimum absolute atomic E-state index is 0.0189. The molecular formula is C28H24N4O4. The maximum atomic E-state index is 13.5. The zero-order chi connectivity index (χ0) is 25.0. The molecule has 2 aliphatic rings. The van der Waals surface area contributed by atoms with Crippen molar-refractivity contribution in [2.24, 2.45) is 0 Å². The number of rotatable bonds is 3. The largest absolute Gasteiger partial charge is 0.507 e. The molecule has 1 aromatic heterocycles. The normalized spacial score (nSPS) is 19.0. The Kier molecular flexibility index (Phi) is 5.03. The van der Waals surface area contributed by atoms with Crippen LogP contribution in [-0.4, -0.2) is 47.0 Å². The fourth-order valence-corrected chi connectivity index (χ4v) is 4.91. The predicted molar refractivity (Wildman–Crippen MR) is 137 cm³/mol. The number of likely N-dealkylation sites (N-methyl/N-ethyl adjacent to an activating group) is 1. The van der Waals surface area contributed by atoms with Crippen LogP contribution in [0.2, 0.25) is 0 Å². The molecule has 2 aliphatic heterocycles. The van der Waals surface area contributed by atoms with Gasteiger partial charge in [0.25, 0.3) is 5.78 Å². The molecule has 0 saturated carbocycles. The van der Waals surface area contributed by atoms with Crippen molar-refractivity contribution in [3.63, 3.8) is 0 Å². The molecule has 1 amide bonds. The van der Waals surface area contributed by atoms with Crippen molar-refractivity contribution < 1.29 is 19.4 Å². The number of imidazole rings is 1. The molecule has 0 radical (unpaired) electrons. The highest BCUT2D eigenvalue weighted by Crippen LogP contribution is 2.43. The van der Waals surface area contributed by atoms with Crippen molar-refractivity contribution in [2.45, 2.75) is 13.0 Å². The van der Waals surface area contributed by atoms with Gasteiger partial charge in [0, 0.05) is 12.6 Å². The monoisotopic (exact) mass is 480 g/mol. The number of nitrogens with zero attached hydrogens (tertiary/aromatic N) is 3. The third-order valence-electron chi connectivity index (χ3n) is 6.74. The molecule has 0 spiro atoms. The smallest absolute Gasteiger partial charge is 0.302 e. The van der Waals surface area contributed by atoms with Crippen LogP contribution in [0.25, 0.3) is 16.8 Å².